The summed E-state index contributed by atoms with van der Waals surface area (Å²) in [5, 5.41) is 0. The molecule has 0 saturated carbocycles. The fourth-order valence-corrected chi connectivity index (χ4v) is 5.57. The van der Waals surface area contributed by atoms with Gasteiger partial charge in [0, 0.05) is 37.9 Å². The van der Waals surface area contributed by atoms with E-state index in [1.54, 1.807) is 6.20 Å². The molecule has 8 nitrogen and oxygen atoms in total. The molecule has 2 fully saturated rings. The van der Waals surface area contributed by atoms with E-state index in [1.807, 2.05) is 30.5 Å². The molecule has 3 aromatic rings. The van der Waals surface area contributed by atoms with E-state index in [4.69, 9.17) is 5.73 Å². The number of nitrogens with zero attached hydrogens (tertiary/aromatic N) is 6. The first-order valence-corrected chi connectivity index (χ1v) is 13.7. The summed E-state index contributed by atoms with van der Waals surface area (Å²) in [6.07, 6.45) is 12.1. The van der Waals surface area contributed by atoms with Gasteiger partial charge in [-0.1, -0.05) is 18.7 Å². The van der Waals surface area contributed by atoms with Crippen LogP contribution < -0.4 is 5.73 Å². The van der Waals surface area contributed by atoms with E-state index < -0.39 is 0 Å². The standard InChI is InChI=1S/C25H33N7O.C5H7F/c1-2-12-31-22-4-3-10-28-24(22)32(31)21-8-15-30(16-9-21)25(33)20-6-13-29(14-7-20)18-19-5-11-27-23(26)17-19;1-3-4-5(2)6/h2-5,10-11,17,20-21H,1,6-9,12-16,18H2,(H2,26,27);3-4H,1H2,2H3/b;5-4+. The Labute approximate surface area is 230 Å². The van der Waals surface area contributed by atoms with Gasteiger partial charge in [0.15, 0.2) is 5.65 Å². The van der Waals surface area contributed by atoms with Crippen LogP contribution in [-0.4, -0.2) is 61.2 Å². The Morgan fingerprint density at radius 1 is 1.10 bits per heavy atom. The summed E-state index contributed by atoms with van der Waals surface area (Å²) in [6, 6.07) is 8.41. The van der Waals surface area contributed by atoms with Crippen LogP contribution in [0.2, 0.25) is 0 Å². The molecule has 208 valence electrons. The lowest BCUT2D eigenvalue weighted by Crippen LogP contribution is -2.46. The Bertz CT molecular complexity index is 1290. The Hall–Kier alpha value is -3.72. The zero-order valence-corrected chi connectivity index (χ0v) is 22.9. The van der Waals surface area contributed by atoms with E-state index in [1.165, 1.54) is 24.6 Å². The predicted molar refractivity (Wildman–Crippen MR) is 154 cm³/mol. The van der Waals surface area contributed by atoms with E-state index in [9.17, 15) is 9.18 Å². The molecule has 2 aliphatic heterocycles. The molecule has 1 amide bonds. The maximum atomic E-state index is 13.2. The van der Waals surface area contributed by atoms with E-state index >= 15 is 0 Å². The first kappa shape index (κ1) is 28.3. The summed E-state index contributed by atoms with van der Waals surface area (Å²) >= 11 is 0. The van der Waals surface area contributed by atoms with Gasteiger partial charge in [0.2, 0.25) is 5.91 Å². The molecule has 2 N–H and O–H groups in total. The molecule has 2 saturated heterocycles. The molecule has 2 aliphatic rings. The smallest absolute Gasteiger partial charge is 0.225 e. The number of fused-ring (bicyclic) bond motifs is 1. The summed E-state index contributed by atoms with van der Waals surface area (Å²) < 4.78 is 16.1. The number of hydrogen-bond donors (Lipinski definition) is 1. The first-order valence-electron chi connectivity index (χ1n) is 13.7. The van der Waals surface area contributed by atoms with Crippen molar-refractivity contribution in [3.05, 3.63) is 79.4 Å². The zero-order valence-electron chi connectivity index (χ0n) is 22.9. The largest absolute Gasteiger partial charge is 0.384 e. The van der Waals surface area contributed by atoms with Crippen molar-refractivity contribution in [1.29, 1.82) is 0 Å². The van der Waals surface area contributed by atoms with Crippen LogP contribution in [0.3, 0.4) is 0 Å². The van der Waals surface area contributed by atoms with E-state index in [-0.39, 0.29) is 11.7 Å². The second kappa shape index (κ2) is 13.4. The van der Waals surface area contributed by atoms with Crippen LogP contribution in [-0.2, 0) is 17.9 Å². The SMILES string of the molecule is C=C/C=C(\C)F.C=CCn1c2cccnc2n1C1CCN(C(=O)C2CCN(Cc3ccnc(N)c3)CC2)CC1. The normalized spacial score (nSPS) is 17.6. The van der Waals surface area contributed by atoms with Crippen molar-refractivity contribution < 1.29 is 9.18 Å². The van der Waals surface area contributed by atoms with Crippen LogP contribution in [0.5, 0.6) is 0 Å². The van der Waals surface area contributed by atoms with Crippen LogP contribution in [0.1, 0.15) is 44.2 Å². The highest BCUT2D eigenvalue weighted by Crippen LogP contribution is 2.31. The predicted octanol–water partition coefficient (Wildman–Crippen LogP) is 5.12. The molecule has 0 aromatic carbocycles. The fraction of sp³-hybridized carbons (Fsp3) is 0.433. The lowest BCUT2D eigenvalue weighted by atomic mass is 9.93. The van der Waals surface area contributed by atoms with E-state index in [2.05, 4.69) is 48.4 Å². The average molecular weight is 534 g/mol. The molecule has 5 heterocycles. The molecule has 0 aliphatic carbocycles. The molecule has 3 aromatic heterocycles. The van der Waals surface area contributed by atoms with Gasteiger partial charge in [0.1, 0.15) is 11.3 Å². The fourth-order valence-electron chi connectivity index (χ4n) is 5.57. The minimum atomic E-state index is -0.204. The molecule has 0 radical (unpaired) electrons. The molecule has 0 unspecified atom stereocenters. The lowest BCUT2D eigenvalue weighted by molar-refractivity contribution is -0.138. The average Bonchev–Trinajstić information content (AvgIpc) is 2.93. The topological polar surface area (TPSA) is 85.2 Å². The molecular weight excluding hydrogens is 493 g/mol. The van der Waals surface area contributed by atoms with Crippen molar-refractivity contribution >= 4 is 22.9 Å². The summed E-state index contributed by atoms with van der Waals surface area (Å²) in [6.45, 7) is 13.7. The number of likely N-dealkylation sites (tertiary alicyclic amines) is 2. The number of aromatic nitrogens is 4. The highest BCUT2D eigenvalue weighted by Gasteiger charge is 2.32. The number of nitrogens with two attached hydrogens (primary N) is 1. The van der Waals surface area contributed by atoms with Gasteiger partial charge in [-0.05, 0) is 81.6 Å². The minimum Gasteiger partial charge on any atom is -0.384 e. The molecule has 0 atom stereocenters. The highest BCUT2D eigenvalue weighted by molar-refractivity contribution is 5.79. The van der Waals surface area contributed by atoms with Gasteiger partial charge in [0.05, 0.1) is 18.4 Å². The number of anilines is 1. The van der Waals surface area contributed by atoms with Gasteiger partial charge in [-0.25, -0.2) is 14.4 Å². The van der Waals surface area contributed by atoms with Gasteiger partial charge in [0.25, 0.3) is 0 Å². The molecule has 5 rings (SSSR count). The summed E-state index contributed by atoms with van der Waals surface area (Å²) in [4.78, 5) is 26.4. The maximum absolute atomic E-state index is 13.2. The Balaban J connectivity index is 0.000000531. The van der Waals surface area contributed by atoms with Crippen LogP contribution in [0.25, 0.3) is 11.2 Å². The Morgan fingerprint density at radius 3 is 2.46 bits per heavy atom. The van der Waals surface area contributed by atoms with Gasteiger partial charge in [-0.2, -0.15) is 0 Å². The number of nitrogen functional groups attached to an aromatic ring is 1. The number of hydrogen-bond acceptors (Lipinski definition) is 5. The molecular formula is C30H40FN7O. The number of piperidine rings is 2. The zero-order chi connectivity index (χ0) is 27.8. The van der Waals surface area contributed by atoms with Crippen molar-refractivity contribution in [3.8, 4) is 0 Å². The number of rotatable bonds is 7. The van der Waals surface area contributed by atoms with Crippen molar-refractivity contribution in [2.24, 2.45) is 5.92 Å². The Morgan fingerprint density at radius 2 is 1.85 bits per heavy atom. The number of pyridine rings is 2. The van der Waals surface area contributed by atoms with Gasteiger partial charge < -0.3 is 10.6 Å². The summed E-state index contributed by atoms with van der Waals surface area (Å²) in [5.41, 5.74) is 9.20. The van der Waals surface area contributed by atoms with Crippen LogP contribution >= 0.6 is 0 Å². The first-order chi connectivity index (χ1) is 18.9. The summed E-state index contributed by atoms with van der Waals surface area (Å²) in [7, 11) is 0. The van der Waals surface area contributed by atoms with Crippen molar-refractivity contribution in [1.82, 2.24) is 29.1 Å². The van der Waals surface area contributed by atoms with Crippen molar-refractivity contribution in [2.45, 2.75) is 51.7 Å². The van der Waals surface area contributed by atoms with E-state index in [0.717, 1.165) is 76.1 Å². The molecule has 39 heavy (non-hydrogen) atoms. The van der Waals surface area contributed by atoms with Crippen LogP contribution in [0, 0.1) is 5.92 Å². The van der Waals surface area contributed by atoms with Crippen molar-refractivity contribution in [3.63, 3.8) is 0 Å². The van der Waals surface area contributed by atoms with Crippen molar-refractivity contribution in [2.75, 3.05) is 31.9 Å². The van der Waals surface area contributed by atoms with Gasteiger partial charge in [-0.3, -0.25) is 19.1 Å². The minimum absolute atomic E-state index is 0.143. The number of carbonyl (C=O) groups is 1. The third kappa shape index (κ3) is 7.03. The number of halogens is 1. The molecule has 0 spiro atoms. The monoisotopic (exact) mass is 533 g/mol. The number of carbonyl (C=O) groups excluding carboxylic acids is 1. The van der Waals surface area contributed by atoms with Crippen LogP contribution in [0.15, 0.2) is 73.9 Å². The summed E-state index contributed by atoms with van der Waals surface area (Å²) in [5.74, 6) is 0.839. The van der Waals surface area contributed by atoms with Gasteiger partial charge in [-0.15, -0.1) is 6.58 Å². The number of allylic oxidation sites excluding steroid dienone is 4. The molecule has 9 heteroatoms. The quantitative estimate of drug-likeness (QED) is 0.337. The second-order valence-electron chi connectivity index (χ2n) is 10.2. The third-order valence-electron chi connectivity index (χ3n) is 7.48. The maximum Gasteiger partial charge on any atom is 0.225 e. The second-order valence-corrected chi connectivity index (χ2v) is 10.2. The number of amides is 1. The third-order valence-corrected chi connectivity index (χ3v) is 7.48. The highest BCUT2D eigenvalue weighted by atomic mass is 19.1. The van der Waals surface area contributed by atoms with E-state index in [0.29, 0.717) is 17.8 Å². The van der Waals surface area contributed by atoms with Gasteiger partial charge >= 0.3 is 0 Å². The van der Waals surface area contributed by atoms with Crippen LogP contribution in [0.4, 0.5) is 10.2 Å². The lowest BCUT2D eigenvalue weighted by Gasteiger charge is -2.39. The molecule has 0 bridgehead atoms. The Kier molecular flexibility index (Phi) is 9.70.